The molecule has 33 heavy (non-hydrogen) atoms. The first-order valence-electron chi connectivity index (χ1n) is 11.0. The molecule has 8 nitrogen and oxygen atoms in total. The van der Waals surface area contributed by atoms with Gasteiger partial charge in [0, 0.05) is 31.6 Å². The summed E-state index contributed by atoms with van der Waals surface area (Å²) in [5.74, 6) is 1.13. The standard InChI is InChI=1S/C24H29N3O5S/c1-30-11-10-26(24(29)16-6-7-16)15-23(28)27-20(14-19(25-27)22-5-4-12-33-22)18-13-17(31-2)8-9-21(18)32-3/h4-5,8-9,12-13,16,20H,6-7,10-11,14-15H2,1-3H3/t20-/m0/s1. The molecule has 1 aliphatic carbocycles. The lowest BCUT2D eigenvalue weighted by atomic mass is 9.99. The van der Waals surface area contributed by atoms with E-state index in [2.05, 4.69) is 0 Å². The van der Waals surface area contributed by atoms with Crippen LogP contribution in [0.2, 0.25) is 0 Å². The zero-order chi connectivity index (χ0) is 23.4. The van der Waals surface area contributed by atoms with Gasteiger partial charge in [0.2, 0.25) is 5.91 Å². The highest BCUT2D eigenvalue weighted by molar-refractivity contribution is 7.12. The lowest BCUT2D eigenvalue weighted by Gasteiger charge is -2.27. The lowest BCUT2D eigenvalue weighted by Crippen LogP contribution is -2.43. The highest BCUT2D eigenvalue weighted by Crippen LogP contribution is 2.40. The average Bonchev–Trinajstić information content (AvgIpc) is 3.35. The van der Waals surface area contributed by atoms with Crippen LogP contribution in [0.15, 0.2) is 40.8 Å². The van der Waals surface area contributed by atoms with E-state index in [0.29, 0.717) is 31.1 Å². The fourth-order valence-electron chi connectivity index (χ4n) is 3.97. The Morgan fingerprint density at radius 2 is 2.00 bits per heavy atom. The van der Waals surface area contributed by atoms with Crippen molar-refractivity contribution in [1.29, 1.82) is 0 Å². The first-order valence-corrected chi connectivity index (χ1v) is 11.9. The second-order valence-corrected chi connectivity index (χ2v) is 9.06. The number of carbonyl (C=O) groups is 2. The number of hydrogen-bond donors (Lipinski definition) is 0. The average molecular weight is 472 g/mol. The first kappa shape index (κ1) is 23.3. The van der Waals surface area contributed by atoms with Crippen LogP contribution in [-0.4, -0.2) is 68.5 Å². The zero-order valence-electron chi connectivity index (χ0n) is 19.2. The van der Waals surface area contributed by atoms with Gasteiger partial charge in [-0.05, 0) is 42.5 Å². The largest absolute Gasteiger partial charge is 0.497 e. The van der Waals surface area contributed by atoms with E-state index in [1.54, 1.807) is 37.6 Å². The van der Waals surface area contributed by atoms with Gasteiger partial charge in [0.15, 0.2) is 0 Å². The number of thiophene rings is 1. The Balaban J connectivity index is 1.64. The number of amides is 2. The van der Waals surface area contributed by atoms with Crippen LogP contribution in [0.3, 0.4) is 0 Å². The predicted octanol–water partition coefficient (Wildman–Crippen LogP) is 3.33. The van der Waals surface area contributed by atoms with E-state index < -0.39 is 0 Å². The third-order valence-electron chi connectivity index (χ3n) is 5.90. The predicted molar refractivity (Wildman–Crippen MR) is 126 cm³/mol. The number of ether oxygens (including phenoxy) is 3. The van der Waals surface area contributed by atoms with Crippen LogP contribution in [0.25, 0.3) is 0 Å². The number of methoxy groups -OCH3 is 3. The Bertz CT molecular complexity index is 1020. The molecule has 2 aliphatic rings. The number of hydrazone groups is 1. The van der Waals surface area contributed by atoms with Crippen LogP contribution in [0.1, 0.15) is 35.7 Å². The van der Waals surface area contributed by atoms with Gasteiger partial charge in [-0.25, -0.2) is 5.01 Å². The SMILES string of the molecule is COCCN(CC(=O)N1N=C(c2cccs2)C[C@H]1c1cc(OC)ccc1OC)C(=O)C1CC1. The van der Waals surface area contributed by atoms with Gasteiger partial charge in [0.05, 0.1) is 37.5 Å². The number of carbonyl (C=O) groups excluding carboxylic acids is 2. The van der Waals surface area contributed by atoms with Crippen molar-refractivity contribution in [3.63, 3.8) is 0 Å². The molecular weight excluding hydrogens is 442 g/mol. The van der Waals surface area contributed by atoms with Gasteiger partial charge in [-0.2, -0.15) is 5.10 Å². The van der Waals surface area contributed by atoms with Gasteiger partial charge in [-0.15, -0.1) is 11.3 Å². The van der Waals surface area contributed by atoms with Crippen molar-refractivity contribution in [2.24, 2.45) is 11.0 Å². The molecule has 0 saturated heterocycles. The first-order chi connectivity index (χ1) is 16.0. The quantitative estimate of drug-likeness (QED) is 0.531. The molecule has 4 rings (SSSR count). The molecule has 1 aromatic carbocycles. The van der Waals surface area contributed by atoms with E-state index in [-0.39, 0.29) is 30.3 Å². The molecule has 0 N–H and O–H groups in total. The molecular formula is C24H29N3O5S. The van der Waals surface area contributed by atoms with Gasteiger partial charge >= 0.3 is 0 Å². The fourth-order valence-corrected chi connectivity index (χ4v) is 4.69. The molecule has 1 atom stereocenters. The third-order valence-corrected chi connectivity index (χ3v) is 6.82. The van der Waals surface area contributed by atoms with Crippen molar-refractivity contribution < 1.29 is 23.8 Å². The van der Waals surface area contributed by atoms with Gasteiger partial charge in [0.1, 0.15) is 18.0 Å². The number of nitrogens with zero attached hydrogens (tertiary/aromatic N) is 3. The molecule has 1 aliphatic heterocycles. The molecule has 2 heterocycles. The molecule has 0 radical (unpaired) electrons. The van der Waals surface area contributed by atoms with Crippen LogP contribution in [-0.2, 0) is 14.3 Å². The summed E-state index contributed by atoms with van der Waals surface area (Å²) >= 11 is 1.59. The van der Waals surface area contributed by atoms with E-state index in [0.717, 1.165) is 29.0 Å². The second kappa shape index (κ2) is 10.4. The molecule has 1 aromatic heterocycles. The molecule has 0 bridgehead atoms. The molecule has 0 spiro atoms. The van der Waals surface area contributed by atoms with E-state index in [1.165, 1.54) is 5.01 Å². The molecule has 1 saturated carbocycles. The summed E-state index contributed by atoms with van der Waals surface area (Å²) in [6, 6.07) is 9.15. The van der Waals surface area contributed by atoms with Gasteiger partial charge in [-0.1, -0.05) is 6.07 Å². The molecule has 1 fully saturated rings. The summed E-state index contributed by atoms with van der Waals surface area (Å²) in [5.41, 5.74) is 1.66. The topological polar surface area (TPSA) is 80.7 Å². The molecule has 176 valence electrons. The van der Waals surface area contributed by atoms with E-state index in [9.17, 15) is 9.59 Å². The van der Waals surface area contributed by atoms with Crippen molar-refractivity contribution in [2.75, 3.05) is 41.0 Å². The molecule has 9 heteroatoms. The Morgan fingerprint density at radius 1 is 1.18 bits per heavy atom. The zero-order valence-corrected chi connectivity index (χ0v) is 20.0. The minimum atomic E-state index is -0.361. The van der Waals surface area contributed by atoms with Crippen LogP contribution in [0.4, 0.5) is 0 Å². The molecule has 2 aromatic rings. The van der Waals surface area contributed by atoms with Crippen LogP contribution in [0.5, 0.6) is 11.5 Å². The van der Waals surface area contributed by atoms with E-state index in [1.807, 2.05) is 35.7 Å². The molecule has 2 amide bonds. The van der Waals surface area contributed by atoms with Crippen LogP contribution >= 0.6 is 11.3 Å². The van der Waals surface area contributed by atoms with Gasteiger partial charge in [0.25, 0.3) is 5.91 Å². The van der Waals surface area contributed by atoms with Crippen molar-refractivity contribution in [3.05, 3.63) is 46.2 Å². The summed E-state index contributed by atoms with van der Waals surface area (Å²) in [6.07, 6.45) is 2.31. The molecule has 0 unspecified atom stereocenters. The normalized spacial score (nSPS) is 17.6. The van der Waals surface area contributed by atoms with Crippen LogP contribution in [0, 0.1) is 5.92 Å². The summed E-state index contributed by atoms with van der Waals surface area (Å²) < 4.78 is 16.2. The fraction of sp³-hybridized carbons (Fsp3) is 0.458. The van der Waals surface area contributed by atoms with E-state index >= 15 is 0 Å². The number of rotatable bonds is 10. The van der Waals surface area contributed by atoms with Crippen LogP contribution < -0.4 is 9.47 Å². The van der Waals surface area contributed by atoms with Crippen molar-refractivity contribution in [1.82, 2.24) is 9.91 Å². The monoisotopic (exact) mass is 471 g/mol. The smallest absolute Gasteiger partial charge is 0.262 e. The number of hydrogen-bond acceptors (Lipinski definition) is 7. The Hall–Kier alpha value is -2.91. The maximum Gasteiger partial charge on any atom is 0.262 e. The summed E-state index contributed by atoms with van der Waals surface area (Å²) in [7, 11) is 4.80. The Morgan fingerprint density at radius 3 is 2.64 bits per heavy atom. The third kappa shape index (κ3) is 5.20. The minimum absolute atomic E-state index is 0.0116. The maximum absolute atomic E-state index is 13.5. The van der Waals surface area contributed by atoms with Crippen molar-refractivity contribution in [3.8, 4) is 11.5 Å². The Kier molecular flexibility index (Phi) is 7.29. The van der Waals surface area contributed by atoms with Crippen molar-refractivity contribution in [2.45, 2.75) is 25.3 Å². The lowest BCUT2D eigenvalue weighted by molar-refractivity contribution is -0.142. The number of benzene rings is 1. The van der Waals surface area contributed by atoms with E-state index in [4.69, 9.17) is 19.3 Å². The summed E-state index contributed by atoms with van der Waals surface area (Å²) in [5, 5.41) is 8.21. The highest BCUT2D eigenvalue weighted by atomic mass is 32.1. The Labute approximate surface area is 197 Å². The second-order valence-electron chi connectivity index (χ2n) is 8.12. The summed E-state index contributed by atoms with van der Waals surface area (Å²) in [4.78, 5) is 28.9. The maximum atomic E-state index is 13.5. The highest BCUT2D eigenvalue weighted by Gasteiger charge is 2.38. The summed E-state index contributed by atoms with van der Waals surface area (Å²) in [6.45, 7) is 0.714. The van der Waals surface area contributed by atoms with Gasteiger partial charge < -0.3 is 19.1 Å². The minimum Gasteiger partial charge on any atom is -0.497 e. The van der Waals surface area contributed by atoms with Gasteiger partial charge in [-0.3, -0.25) is 9.59 Å². The van der Waals surface area contributed by atoms with Crippen molar-refractivity contribution >= 4 is 28.9 Å².